The number of hydrogen-bond donors (Lipinski definition) is 0. The highest BCUT2D eigenvalue weighted by atomic mass is 32.2. The molecule has 0 unspecified atom stereocenters. The third-order valence-electron chi connectivity index (χ3n) is 4.72. The van der Waals surface area contributed by atoms with E-state index in [2.05, 4.69) is 0 Å². The van der Waals surface area contributed by atoms with Crippen LogP contribution in [0.1, 0.15) is 12.5 Å². The molecule has 5 nitrogen and oxygen atoms in total. The fourth-order valence-electron chi connectivity index (χ4n) is 3.30. The van der Waals surface area contributed by atoms with Crippen LogP contribution in [0.2, 0.25) is 0 Å². The Hall–Kier alpha value is -2.90. The number of benzene rings is 2. The van der Waals surface area contributed by atoms with E-state index in [1.54, 1.807) is 9.47 Å². The third kappa shape index (κ3) is 4.04. The second kappa shape index (κ2) is 8.85. The summed E-state index contributed by atoms with van der Waals surface area (Å²) in [6, 6.07) is 19.2. The molecule has 30 heavy (non-hydrogen) atoms. The summed E-state index contributed by atoms with van der Waals surface area (Å²) < 4.78 is 2.23. The van der Waals surface area contributed by atoms with Gasteiger partial charge in [-0.2, -0.15) is 0 Å². The highest BCUT2D eigenvalue weighted by Gasteiger charge is 2.18. The van der Waals surface area contributed by atoms with Gasteiger partial charge in [0.05, 0.1) is 17.0 Å². The van der Waals surface area contributed by atoms with Gasteiger partial charge >= 0.3 is 0 Å². The molecular formula is C23H21N3O2S2. The van der Waals surface area contributed by atoms with Crippen molar-refractivity contribution < 1.29 is 4.79 Å². The molecule has 0 radical (unpaired) electrons. The van der Waals surface area contributed by atoms with Crippen molar-refractivity contribution in [1.29, 1.82) is 0 Å². The van der Waals surface area contributed by atoms with Crippen molar-refractivity contribution >= 4 is 44.9 Å². The fourth-order valence-corrected chi connectivity index (χ4v) is 4.95. The van der Waals surface area contributed by atoms with E-state index in [1.807, 2.05) is 79.9 Å². The van der Waals surface area contributed by atoms with E-state index in [4.69, 9.17) is 4.98 Å². The zero-order valence-electron chi connectivity index (χ0n) is 16.7. The van der Waals surface area contributed by atoms with E-state index < -0.39 is 0 Å². The molecule has 4 aromatic rings. The highest BCUT2D eigenvalue weighted by molar-refractivity contribution is 7.99. The van der Waals surface area contributed by atoms with Gasteiger partial charge in [-0.1, -0.05) is 42.1 Å². The lowest BCUT2D eigenvalue weighted by Crippen LogP contribution is -2.32. The number of amides is 1. The summed E-state index contributed by atoms with van der Waals surface area (Å²) in [4.78, 5) is 32.6. The second-order valence-electron chi connectivity index (χ2n) is 6.77. The number of para-hydroxylation sites is 1. The van der Waals surface area contributed by atoms with Gasteiger partial charge in [0.25, 0.3) is 5.56 Å². The van der Waals surface area contributed by atoms with Gasteiger partial charge in [-0.25, -0.2) is 4.98 Å². The Morgan fingerprint density at radius 3 is 2.67 bits per heavy atom. The lowest BCUT2D eigenvalue weighted by molar-refractivity contribution is -0.116. The predicted octanol–water partition coefficient (Wildman–Crippen LogP) is 4.90. The van der Waals surface area contributed by atoms with Crippen LogP contribution in [0.4, 0.5) is 5.69 Å². The van der Waals surface area contributed by atoms with Crippen LogP contribution in [-0.4, -0.2) is 27.8 Å². The Morgan fingerprint density at radius 2 is 1.93 bits per heavy atom. The third-order valence-corrected chi connectivity index (χ3v) is 6.53. The average Bonchev–Trinajstić information content (AvgIpc) is 3.22. The molecule has 4 rings (SSSR count). The Kier molecular flexibility index (Phi) is 6.01. The number of carbonyl (C=O) groups is 1. The van der Waals surface area contributed by atoms with Crippen molar-refractivity contribution in [3.63, 3.8) is 0 Å². The number of nitrogens with zero attached hydrogens (tertiary/aromatic N) is 3. The van der Waals surface area contributed by atoms with Crippen molar-refractivity contribution in [1.82, 2.24) is 9.55 Å². The smallest absolute Gasteiger partial charge is 0.276 e. The Bertz CT molecular complexity index is 1250. The molecule has 0 aliphatic heterocycles. The van der Waals surface area contributed by atoms with Gasteiger partial charge in [-0.3, -0.25) is 14.2 Å². The van der Waals surface area contributed by atoms with Gasteiger partial charge in [0.2, 0.25) is 5.91 Å². The van der Waals surface area contributed by atoms with Crippen molar-refractivity contribution in [2.75, 3.05) is 17.2 Å². The first-order chi connectivity index (χ1) is 14.6. The molecule has 0 bridgehead atoms. The Balaban J connectivity index is 1.69. The summed E-state index contributed by atoms with van der Waals surface area (Å²) in [6.45, 7) is 4.51. The van der Waals surface area contributed by atoms with Crippen molar-refractivity contribution in [3.8, 4) is 5.69 Å². The number of hydrogen-bond acceptors (Lipinski definition) is 5. The molecule has 0 spiro atoms. The summed E-state index contributed by atoms with van der Waals surface area (Å²) in [5.41, 5.74) is 3.24. The molecular weight excluding hydrogens is 414 g/mol. The van der Waals surface area contributed by atoms with Crippen LogP contribution in [0.5, 0.6) is 0 Å². The minimum absolute atomic E-state index is 0.0239. The van der Waals surface area contributed by atoms with Crippen molar-refractivity contribution in [3.05, 3.63) is 82.0 Å². The molecule has 0 fully saturated rings. The van der Waals surface area contributed by atoms with Crippen LogP contribution in [0, 0.1) is 6.92 Å². The number of thiophene rings is 1. The molecule has 0 saturated carbocycles. The molecule has 1 amide bonds. The number of thioether (sulfide) groups is 1. The summed E-state index contributed by atoms with van der Waals surface area (Å²) >= 11 is 2.68. The van der Waals surface area contributed by atoms with Crippen LogP contribution in [0.3, 0.4) is 0 Å². The summed E-state index contributed by atoms with van der Waals surface area (Å²) in [5.74, 6) is 0.167. The number of aryl methyl sites for hydroxylation is 1. The number of rotatable bonds is 6. The second-order valence-corrected chi connectivity index (χ2v) is 8.63. The normalized spacial score (nSPS) is 11.0. The van der Waals surface area contributed by atoms with Crippen LogP contribution in [0.15, 0.2) is 76.0 Å². The first kappa shape index (κ1) is 20.4. The quantitative estimate of drug-likeness (QED) is 0.319. The zero-order chi connectivity index (χ0) is 21.1. The largest absolute Gasteiger partial charge is 0.312 e. The SMILES string of the molecule is CCN(C(=O)CSc1nc2ccsc2c(=O)n1-c1cccc(C)c1)c1ccccc1. The van der Waals surface area contributed by atoms with E-state index in [0.717, 1.165) is 16.9 Å². The van der Waals surface area contributed by atoms with Crippen LogP contribution >= 0.6 is 23.1 Å². The van der Waals surface area contributed by atoms with Crippen LogP contribution in [-0.2, 0) is 4.79 Å². The van der Waals surface area contributed by atoms with Gasteiger partial charge in [0.1, 0.15) is 4.70 Å². The van der Waals surface area contributed by atoms with Crippen molar-refractivity contribution in [2.24, 2.45) is 0 Å². The molecule has 2 aromatic heterocycles. The van der Waals surface area contributed by atoms with Crippen LogP contribution < -0.4 is 10.5 Å². The van der Waals surface area contributed by atoms with Gasteiger partial charge in [0, 0.05) is 12.2 Å². The lowest BCUT2D eigenvalue weighted by Gasteiger charge is -2.21. The first-order valence-corrected chi connectivity index (χ1v) is 11.5. The Labute approximate surface area is 183 Å². The molecule has 0 saturated heterocycles. The molecule has 0 aliphatic rings. The minimum Gasteiger partial charge on any atom is -0.312 e. The van der Waals surface area contributed by atoms with Gasteiger partial charge in [0.15, 0.2) is 5.16 Å². The lowest BCUT2D eigenvalue weighted by atomic mass is 10.2. The molecule has 152 valence electrons. The van der Waals surface area contributed by atoms with E-state index in [0.29, 0.717) is 21.9 Å². The standard InChI is InChI=1S/C23H21N3O2S2/c1-3-25(17-9-5-4-6-10-17)20(27)15-30-23-24-19-12-13-29-21(19)22(28)26(23)18-11-7-8-16(2)14-18/h4-14H,3,15H2,1-2H3. The van der Waals surface area contributed by atoms with Gasteiger partial charge in [-0.05, 0) is 55.1 Å². The van der Waals surface area contributed by atoms with E-state index in [1.165, 1.54) is 23.1 Å². The molecule has 0 aliphatic carbocycles. The highest BCUT2D eigenvalue weighted by Crippen LogP contribution is 2.25. The zero-order valence-corrected chi connectivity index (χ0v) is 18.4. The summed E-state index contributed by atoms with van der Waals surface area (Å²) in [7, 11) is 0. The first-order valence-electron chi connectivity index (χ1n) is 9.64. The summed E-state index contributed by atoms with van der Waals surface area (Å²) in [6.07, 6.45) is 0. The number of anilines is 1. The maximum Gasteiger partial charge on any atom is 0.276 e. The van der Waals surface area contributed by atoms with Gasteiger partial charge in [-0.15, -0.1) is 11.3 Å². The van der Waals surface area contributed by atoms with Gasteiger partial charge < -0.3 is 4.90 Å². The fraction of sp³-hybridized carbons (Fsp3) is 0.174. The Morgan fingerprint density at radius 1 is 1.13 bits per heavy atom. The minimum atomic E-state index is -0.106. The number of carbonyl (C=O) groups excluding carboxylic acids is 1. The molecule has 0 N–H and O–H groups in total. The molecule has 2 aromatic carbocycles. The monoisotopic (exact) mass is 435 g/mol. The molecule has 0 atom stereocenters. The number of aromatic nitrogens is 2. The van der Waals surface area contributed by atoms with E-state index in [-0.39, 0.29) is 17.2 Å². The predicted molar refractivity (Wildman–Crippen MR) is 125 cm³/mol. The topological polar surface area (TPSA) is 55.2 Å². The molecule has 7 heteroatoms. The van der Waals surface area contributed by atoms with E-state index >= 15 is 0 Å². The summed E-state index contributed by atoms with van der Waals surface area (Å²) in [5, 5.41) is 2.39. The maximum absolute atomic E-state index is 13.2. The molecule has 2 heterocycles. The van der Waals surface area contributed by atoms with Crippen molar-refractivity contribution in [2.45, 2.75) is 19.0 Å². The number of fused-ring (bicyclic) bond motifs is 1. The maximum atomic E-state index is 13.2. The van der Waals surface area contributed by atoms with E-state index in [9.17, 15) is 9.59 Å². The average molecular weight is 436 g/mol. The van der Waals surface area contributed by atoms with Crippen LogP contribution in [0.25, 0.3) is 15.9 Å².